The van der Waals surface area contributed by atoms with Crippen molar-refractivity contribution in [2.75, 3.05) is 0 Å². The van der Waals surface area contributed by atoms with Crippen LogP contribution in [0.1, 0.15) is 56.0 Å². The summed E-state index contributed by atoms with van der Waals surface area (Å²) in [7, 11) is 0. The van der Waals surface area contributed by atoms with Crippen molar-refractivity contribution in [2.45, 2.75) is 46.5 Å². The van der Waals surface area contributed by atoms with Crippen LogP contribution in [0.25, 0.3) is 0 Å². The first-order valence-corrected chi connectivity index (χ1v) is 7.58. The Labute approximate surface area is 121 Å². The fourth-order valence-electron chi connectivity index (χ4n) is 2.80. The predicted molar refractivity (Wildman–Crippen MR) is 82.9 cm³/mol. The van der Waals surface area contributed by atoms with E-state index in [4.69, 9.17) is 0 Å². The van der Waals surface area contributed by atoms with Gasteiger partial charge in [-0.2, -0.15) is 5.10 Å². The van der Waals surface area contributed by atoms with Gasteiger partial charge in [-0.05, 0) is 48.8 Å². The molecule has 0 aliphatic heterocycles. The van der Waals surface area contributed by atoms with Crippen LogP contribution in [-0.2, 0) is 6.42 Å². The molecule has 3 nitrogen and oxygen atoms in total. The zero-order valence-corrected chi connectivity index (χ0v) is 12.6. The lowest BCUT2D eigenvalue weighted by molar-refractivity contribution is 0.0954. The van der Waals surface area contributed by atoms with E-state index >= 15 is 0 Å². The summed E-state index contributed by atoms with van der Waals surface area (Å²) >= 11 is 0. The SMILES string of the molecule is CCc1ccc(C(=O)NN=C2[C@@H](C)CCC[C@@H]2C)cc1. The van der Waals surface area contributed by atoms with Gasteiger partial charge < -0.3 is 0 Å². The summed E-state index contributed by atoms with van der Waals surface area (Å²) in [6.45, 7) is 6.49. The number of rotatable bonds is 3. The molecule has 0 radical (unpaired) electrons. The zero-order chi connectivity index (χ0) is 14.5. The normalized spacial score (nSPS) is 22.4. The molecular formula is C17H24N2O. The van der Waals surface area contributed by atoms with Crippen LogP contribution in [0.3, 0.4) is 0 Å². The zero-order valence-electron chi connectivity index (χ0n) is 12.6. The van der Waals surface area contributed by atoms with Crippen LogP contribution in [0, 0.1) is 11.8 Å². The van der Waals surface area contributed by atoms with E-state index in [9.17, 15) is 4.79 Å². The van der Waals surface area contributed by atoms with Gasteiger partial charge in [0, 0.05) is 11.3 Å². The summed E-state index contributed by atoms with van der Waals surface area (Å²) in [6, 6.07) is 7.71. The minimum atomic E-state index is -0.120. The van der Waals surface area contributed by atoms with E-state index in [1.807, 2.05) is 24.3 Å². The average molecular weight is 272 g/mol. The van der Waals surface area contributed by atoms with E-state index in [2.05, 4.69) is 31.3 Å². The fourth-order valence-corrected chi connectivity index (χ4v) is 2.80. The number of hydrogen-bond donors (Lipinski definition) is 1. The minimum absolute atomic E-state index is 0.120. The Balaban J connectivity index is 2.03. The standard InChI is InChI=1S/C17H24N2O/c1-4-14-8-10-15(11-9-14)17(20)19-18-16-12(2)6-5-7-13(16)3/h8-13H,4-7H2,1-3H3,(H,19,20)/t12-,13-/m0/s1. The highest BCUT2D eigenvalue weighted by molar-refractivity contribution is 5.96. The summed E-state index contributed by atoms with van der Waals surface area (Å²) in [4.78, 5) is 12.1. The van der Waals surface area contributed by atoms with E-state index in [1.165, 1.54) is 24.8 Å². The van der Waals surface area contributed by atoms with E-state index in [1.54, 1.807) is 0 Å². The molecule has 2 atom stereocenters. The van der Waals surface area contributed by atoms with Gasteiger partial charge in [0.05, 0.1) is 0 Å². The molecule has 1 fully saturated rings. The molecule has 108 valence electrons. The highest BCUT2D eigenvalue weighted by Crippen LogP contribution is 2.25. The molecule has 1 aromatic carbocycles. The lowest BCUT2D eigenvalue weighted by Gasteiger charge is -2.26. The number of benzene rings is 1. The second kappa shape index (κ2) is 6.69. The molecule has 1 N–H and O–H groups in total. The van der Waals surface area contributed by atoms with Gasteiger partial charge >= 0.3 is 0 Å². The van der Waals surface area contributed by atoms with Crippen molar-refractivity contribution in [1.82, 2.24) is 5.43 Å². The molecule has 2 rings (SSSR count). The first-order chi connectivity index (χ1) is 9.61. The van der Waals surface area contributed by atoms with Crippen molar-refractivity contribution in [1.29, 1.82) is 0 Å². The average Bonchev–Trinajstić information content (AvgIpc) is 2.46. The monoisotopic (exact) mass is 272 g/mol. The lowest BCUT2D eigenvalue weighted by Crippen LogP contribution is -2.29. The summed E-state index contributed by atoms with van der Waals surface area (Å²) in [6.07, 6.45) is 4.58. The second-order valence-electron chi connectivity index (χ2n) is 5.76. The molecule has 0 heterocycles. The molecule has 1 aliphatic carbocycles. The molecule has 3 heteroatoms. The van der Waals surface area contributed by atoms with Gasteiger partial charge in [-0.25, -0.2) is 5.43 Å². The Morgan fingerprint density at radius 1 is 1.20 bits per heavy atom. The lowest BCUT2D eigenvalue weighted by atomic mass is 9.81. The van der Waals surface area contributed by atoms with Crippen molar-refractivity contribution < 1.29 is 4.79 Å². The molecule has 20 heavy (non-hydrogen) atoms. The molecule has 1 aliphatic rings. The number of nitrogens with zero attached hydrogens (tertiary/aromatic N) is 1. The third-order valence-corrected chi connectivity index (χ3v) is 4.20. The Kier molecular flexibility index (Phi) is 4.94. The van der Waals surface area contributed by atoms with E-state index in [0.717, 1.165) is 12.1 Å². The van der Waals surface area contributed by atoms with Crippen LogP contribution in [-0.4, -0.2) is 11.6 Å². The number of amides is 1. The number of aryl methyl sites for hydroxylation is 1. The van der Waals surface area contributed by atoms with Crippen molar-refractivity contribution in [3.8, 4) is 0 Å². The van der Waals surface area contributed by atoms with Crippen molar-refractivity contribution in [3.05, 3.63) is 35.4 Å². The van der Waals surface area contributed by atoms with Crippen LogP contribution in [0.2, 0.25) is 0 Å². The third-order valence-electron chi connectivity index (χ3n) is 4.20. The number of carbonyl (C=O) groups excluding carboxylic acids is 1. The molecule has 0 unspecified atom stereocenters. The third kappa shape index (κ3) is 3.47. The first kappa shape index (κ1) is 14.8. The first-order valence-electron chi connectivity index (χ1n) is 7.58. The van der Waals surface area contributed by atoms with Crippen LogP contribution in [0.15, 0.2) is 29.4 Å². The maximum Gasteiger partial charge on any atom is 0.271 e. The number of nitrogens with one attached hydrogen (secondary N) is 1. The molecule has 0 bridgehead atoms. The van der Waals surface area contributed by atoms with E-state index in [0.29, 0.717) is 17.4 Å². The maximum atomic E-state index is 12.1. The Morgan fingerprint density at radius 2 is 1.80 bits per heavy atom. The van der Waals surface area contributed by atoms with Crippen molar-refractivity contribution >= 4 is 11.6 Å². The summed E-state index contributed by atoms with van der Waals surface area (Å²) in [5, 5.41) is 4.38. The minimum Gasteiger partial charge on any atom is -0.267 e. The van der Waals surface area contributed by atoms with Gasteiger partial charge in [0.15, 0.2) is 0 Å². The van der Waals surface area contributed by atoms with Crippen molar-refractivity contribution in [2.24, 2.45) is 16.9 Å². The molecule has 1 aromatic rings. The van der Waals surface area contributed by atoms with Gasteiger partial charge in [0.25, 0.3) is 5.91 Å². The molecule has 0 spiro atoms. The highest BCUT2D eigenvalue weighted by Gasteiger charge is 2.23. The summed E-state index contributed by atoms with van der Waals surface area (Å²) in [5.41, 5.74) is 5.76. The second-order valence-corrected chi connectivity index (χ2v) is 5.76. The van der Waals surface area contributed by atoms with Crippen LogP contribution < -0.4 is 5.43 Å². The smallest absolute Gasteiger partial charge is 0.267 e. The van der Waals surface area contributed by atoms with Crippen molar-refractivity contribution in [3.63, 3.8) is 0 Å². The molecule has 1 saturated carbocycles. The molecule has 0 aromatic heterocycles. The topological polar surface area (TPSA) is 41.5 Å². The Hall–Kier alpha value is -1.64. The largest absolute Gasteiger partial charge is 0.271 e. The Morgan fingerprint density at radius 3 is 2.35 bits per heavy atom. The van der Waals surface area contributed by atoms with Gasteiger partial charge in [-0.3, -0.25) is 4.79 Å². The molecule has 1 amide bonds. The van der Waals surface area contributed by atoms with Gasteiger partial charge in [-0.1, -0.05) is 39.3 Å². The number of hydrogen-bond acceptors (Lipinski definition) is 2. The predicted octanol–water partition coefficient (Wildman–Crippen LogP) is 3.79. The number of carbonyl (C=O) groups is 1. The molecule has 0 saturated heterocycles. The van der Waals surface area contributed by atoms with E-state index < -0.39 is 0 Å². The van der Waals surface area contributed by atoms with E-state index in [-0.39, 0.29) is 5.91 Å². The number of hydrazone groups is 1. The van der Waals surface area contributed by atoms with Crippen LogP contribution in [0.4, 0.5) is 0 Å². The quantitative estimate of drug-likeness (QED) is 0.836. The summed E-state index contributed by atoms with van der Waals surface area (Å²) < 4.78 is 0. The van der Waals surface area contributed by atoms with Gasteiger partial charge in [0.1, 0.15) is 0 Å². The Bertz CT molecular complexity index is 478. The summed E-state index contributed by atoms with van der Waals surface area (Å²) in [5.74, 6) is 0.827. The van der Waals surface area contributed by atoms with Crippen LogP contribution in [0.5, 0.6) is 0 Å². The fraction of sp³-hybridized carbons (Fsp3) is 0.529. The van der Waals surface area contributed by atoms with Gasteiger partial charge in [-0.15, -0.1) is 0 Å². The molecular weight excluding hydrogens is 248 g/mol. The van der Waals surface area contributed by atoms with Crippen LogP contribution >= 0.6 is 0 Å². The highest BCUT2D eigenvalue weighted by atomic mass is 16.2. The maximum absolute atomic E-state index is 12.1. The van der Waals surface area contributed by atoms with Gasteiger partial charge in [0.2, 0.25) is 0 Å².